The van der Waals surface area contributed by atoms with Crippen LogP contribution in [-0.2, 0) is 11.2 Å². The molecule has 0 aliphatic rings. The second-order valence-corrected chi connectivity index (χ2v) is 5.95. The molecule has 0 aliphatic heterocycles. The van der Waals surface area contributed by atoms with Crippen molar-refractivity contribution in [2.24, 2.45) is 0 Å². The van der Waals surface area contributed by atoms with E-state index in [2.05, 4.69) is 10.3 Å². The molecule has 0 unspecified atom stereocenters. The van der Waals surface area contributed by atoms with Crippen LogP contribution in [0.2, 0.25) is 5.02 Å². The van der Waals surface area contributed by atoms with E-state index in [1.165, 1.54) is 19.2 Å². The lowest BCUT2D eigenvalue weighted by Gasteiger charge is -2.10. The van der Waals surface area contributed by atoms with Crippen LogP contribution in [-0.4, -0.2) is 18.0 Å². The van der Waals surface area contributed by atoms with Crippen molar-refractivity contribution in [2.75, 3.05) is 12.4 Å². The van der Waals surface area contributed by atoms with Crippen molar-refractivity contribution in [1.82, 2.24) is 4.98 Å². The minimum absolute atomic E-state index is 0.180. The lowest BCUT2D eigenvalue weighted by atomic mass is 10.2. The molecule has 7 heteroatoms. The molecule has 1 amide bonds. The topological polar surface area (TPSA) is 64.4 Å². The van der Waals surface area contributed by atoms with E-state index in [-0.39, 0.29) is 18.1 Å². The van der Waals surface area contributed by atoms with Gasteiger partial charge in [-0.2, -0.15) is 0 Å². The molecule has 26 heavy (non-hydrogen) atoms. The van der Waals surface area contributed by atoms with Crippen LogP contribution in [0, 0.1) is 5.82 Å². The summed E-state index contributed by atoms with van der Waals surface area (Å²) in [6.07, 6.45) is 2.06. The monoisotopic (exact) mass is 374 g/mol. The lowest BCUT2D eigenvalue weighted by molar-refractivity contribution is -0.116. The number of hydrogen-bond acceptors (Lipinski definition) is 4. The molecule has 5 nitrogen and oxygen atoms in total. The minimum atomic E-state index is -0.318. The Hall–Kier alpha value is -2.86. The first-order chi connectivity index (χ1) is 12.5. The Labute approximate surface area is 154 Å². The highest BCUT2D eigenvalue weighted by Gasteiger charge is 2.11. The molecule has 3 aromatic rings. The van der Waals surface area contributed by atoms with Gasteiger partial charge in [-0.3, -0.25) is 4.79 Å². The first-order valence-corrected chi connectivity index (χ1v) is 8.27. The second kappa shape index (κ2) is 8.01. The van der Waals surface area contributed by atoms with Gasteiger partial charge in [-0.15, -0.1) is 0 Å². The fourth-order valence-corrected chi connectivity index (χ4v) is 2.56. The number of anilines is 1. The molecule has 0 aliphatic carbocycles. The summed E-state index contributed by atoms with van der Waals surface area (Å²) in [7, 11) is 1.52. The normalized spacial score (nSPS) is 10.6. The van der Waals surface area contributed by atoms with E-state index in [0.717, 1.165) is 5.56 Å². The fraction of sp³-hybridized carbons (Fsp3) is 0.158. The zero-order chi connectivity index (χ0) is 18.5. The van der Waals surface area contributed by atoms with Gasteiger partial charge in [-0.05, 0) is 42.5 Å². The summed E-state index contributed by atoms with van der Waals surface area (Å²) in [5.41, 5.74) is 1.22. The number of nitrogens with zero attached hydrogens (tertiary/aromatic N) is 1. The molecule has 0 spiro atoms. The van der Waals surface area contributed by atoms with E-state index in [4.69, 9.17) is 20.8 Å². The van der Waals surface area contributed by atoms with Gasteiger partial charge in [-0.1, -0.05) is 11.6 Å². The van der Waals surface area contributed by atoms with Gasteiger partial charge in [0.15, 0.2) is 11.7 Å². The van der Waals surface area contributed by atoms with Crippen LogP contribution in [0.5, 0.6) is 5.75 Å². The number of aryl methyl sites for hydroxylation is 1. The summed E-state index contributed by atoms with van der Waals surface area (Å²) in [5, 5.41) is 3.26. The molecule has 0 saturated heterocycles. The Kier molecular flexibility index (Phi) is 5.53. The van der Waals surface area contributed by atoms with Gasteiger partial charge in [0.25, 0.3) is 0 Å². The summed E-state index contributed by atoms with van der Waals surface area (Å²) in [4.78, 5) is 16.3. The molecule has 1 aromatic heterocycles. The third-order valence-corrected chi connectivity index (χ3v) is 3.92. The van der Waals surface area contributed by atoms with Crippen molar-refractivity contribution in [3.8, 4) is 17.1 Å². The Morgan fingerprint density at radius 1 is 1.27 bits per heavy atom. The number of methoxy groups -OCH3 is 1. The average Bonchev–Trinajstić information content (AvgIpc) is 3.10. The largest absolute Gasteiger partial charge is 0.495 e. The minimum Gasteiger partial charge on any atom is -0.495 e. The van der Waals surface area contributed by atoms with Crippen LogP contribution >= 0.6 is 11.6 Å². The Morgan fingerprint density at radius 3 is 2.77 bits per heavy atom. The Balaban J connectivity index is 1.60. The molecular weight excluding hydrogens is 359 g/mol. The number of aromatic nitrogens is 1. The Bertz CT molecular complexity index is 909. The van der Waals surface area contributed by atoms with Crippen LogP contribution in [0.15, 0.2) is 53.1 Å². The highest BCUT2D eigenvalue weighted by Crippen LogP contribution is 2.28. The van der Waals surface area contributed by atoms with Crippen LogP contribution in [0.1, 0.15) is 12.3 Å². The van der Waals surface area contributed by atoms with Crippen molar-refractivity contribution in [3.63, 3.8) is 0 Å². The molecule has 0 saturated carbocycles. The van der Waals surface area contributed by atoms with E-state index in [1.54, 1.807) is 36.5 Å². The third kappa shape index (κ3) is 4.40. The maximum Gasteiger partial charge on any atom is 0.224 e. The van der Waals surface area contributed by atoms with Crippen LogP contribution in [0.4, 0.5) is 10.1 Å². The molecule has 1 N–H and O–H groups in total. The average molecular weight is 375 g/mol. The van der Waals surface area contributed by atoms with Crippen molar-refractivity contribution in [1.29, 1.82) is 0 Å². The van der Waals surface area contributed by atoms with E-state index >= 15 is 0 Å². The third-order valence-electron chi connectivity index (χ3n) is 3.68. The maximum absolute atomic E-state index is 13.0. The zero-order valence-electron chi connectivity index (χ0n) is 14.0. The molecule has 0 atom stereocenters. The predicted octanol–water partition coefficient (Wildman–Crippen LogP) is 4.71. The van der Waals surface area contributed by atoms with Crippen molar-refractivity contribution < 1.29 is 18.3 Å². The number of amides is 1. The SMILES string of the molecule is COc1ccc(Cl)cc1NC(=O)CCc1ncc(-c2ccc(F)cc2)o1. The number of hydrogen-bond donors (Lipinski definition) is 1. The zero-order valence-corrected chi connectivity index (χ0v) is 14.7. The highest BCUT2D eigenvalue weighted by atomic mass is 35.5. The van der Waals surface area contributed by atoms with Gasteiger partial charge >= 0.3 is 0 Å². The molecule has 2 aromatic carbocycles. The smallest absolute Gasteiger partial charge is 0.224 e. The lowest BCUT2D eigenvalue weighted by Crippen LogP contribution is -2.13. The molecule has 0 bridgehead atoms. The number of benzene rings is 2. The van der Waals surface area contributed by atoms with Crippen molar-refractivity contribution >= 4 is 23.2 Å². The number of rotatable bonds is 6. The second-order valence-electron chi connectivity index (χ2n) is 5.52. The molecule has 3 rings (SSSR count). The number of carbonyl (C=O) groups is 1. The quantitative estimate of drug-likeness (QED) is 0.678. The first kappa shape index (κ1) is 17.9. The molecule has 1 heterocycles. The van der Waals surface area contributed by atoms with Crippen molar-refractivity contribution in [3.05, 3.63) is 65.4 Å². The number of nitrogens with one attached hydrogen (secondary N) is 1. The summed E-state index contributed by atoms with van der Waals surface area (Å²) < 4.78 is 23.8. The number of carbonyl (C=O) groups excluding carboxylic acids is 1. The molecular formula is C19H16ClFN2O3. The van der Waals surface area contributed by atoms with E-state index < -0.39 is 0 Å². The van der Waals surface area contributed by atoms with Gasteiger partial charge in [0.1, 0.15) is 11.6 Å². The first-order valence-electron chi connectivity index (χ1n) is 7.89. The van der Waals surface area contributed by atoms with Gasteiger partial charge in [0.05, 0.1) is 19.0 Å². The van der Waals surface area contributed by atoms with Gasteiger partial charge in [0, 0.05) is 23.4 Å². The highest BCUT2D eigenvalue weighted by molar-refractivity contribution is 6.31. The number of halogens is 2. The van der Waals surface area contributed by atoms with Gasteiger partial charge < -0.3 is 14.5 Å². The summed E-state index contributed by atoms with van der Waals surface area (Å²) in [6, 6.07) is 10.9. The predicted molar refractivity (Wildman–Crippen MR) is 96.9 cm³/mol. The van der Waals surface area contributed by atoms with Gasteiger partial charge in [-0.25, -0.2) is 9.37 Å². The number of ether oxygens (including phenoxy) is 1. The van der Waals surface area contributed by atoms with Gasteiger partial charge in [0.2, 0.25) is 5.91 Å². The van der Waals surface area contributed by atoms with Crippen LogP contribution in [0.3, 0.4) is 0 Å². The fourth-order valence-electron chi connectivity index (χ4n) is 2.38. The maximum atomic E-state index is 13.0. The van der Waals surface area contributed by atoms with E-state index in [9.17, 15) is 9.18 Å². The standard InChI is InChI=1S/C19H16ClFN2O3/c1-25-16-7-4-13(20)10-15(16)23-18(24)8-9-19-22-11-17(26-19)12-2-5-14(21)6-3-12/h2-7,10-11H,8-9H2,1H3,(H,23,24). The van der Waals surface area contributed by atoms with Crippen molar-refractivity contribution in [2.45, 2.75) is 12.8 Å². The van der Waals surface area contributed by atoms with Crippen LogP contribution < -0.4 is 10.1 Å². The number of oxazole rings is 1. The summed E-state index contributed by atoms with van der Waals surface area (Å²) in [6.45, 7) is 0. The molecule has 0 fully saturated rings. The summed E-state index contributed by atoms with van der Waals surface area (Å²) >= 11 is 5.95. The Morgan fingerprint density at radius 2 is 2.04 bits per heavy atom. The van der Waals surface area contributed by atoms with E-state index in [1.807, 2.05) is 0 Å². The molecule has 134 valence electrons. The van der Waals surface area contributed by atoms with Crippen LogP contribution in [0.25, 0.3) is 11.3 Å². The van der Waals surface area contributed by atoms with E-state index in [0.29, 0.717) is 34.5 Å². The molecule has 0 radical (unpaired) electrons. The summed E-state index contributed by atoms with van der Waals surface area (Å²) in [5.74, 6) is 0.945.